The largest absolute Gasteiger partial charge is 0.483 e. The van der Waals surface area contributed by atoms with Crippen molar-refractivity contribution in [2.45, 2.75) is 6.61 Å². The Labute approximate surface area is 108 Å². The number of halogens is 1. The van der Waals surface area contributed by atoms with Crippen molar-refractivity contribution >= 4 is 17.6 Å². The van der Waals surface area contributed by atoms with Gasteiger partial charge in [-0.3, -0.25) is 4.68 Å². The standard InChI is InChI=1S/C11H10ClN3O3/c1-15-9(13-6-14-15)5-18-10-7(11(16)17)3-2-4-8(10)12/h2-4,6H,5H2,1H3,(H,16,17). The Hall–Kier alpha value is -2.08. The van der Waals surface area contributed by atoms with Gasteiger partial charge in [-0.05, 0) is 12.1 Å². The van der Waals surface area contributed by atoms with Gasteiger partial charge >= 0.3 is 5.97 Å². The number of para-hydroxylation sites is 1. The molecule has 0 radical (unpaired) electrons. The van der Waals surface area contributed by atoms with E-state index < -0.39 is 5.97 Å². The number of aromatic nitrogens is 3. The zero-order chi connectivity index (χ0) is 13.1. The molecule has 0 atom stereocenters. The van der Waals surface area contributed by atoms with Crippen molar-refractivity contribution in [1.82, 2.24) is 14.8 Å². The van der Waals surface area contributed by atoms with E-state index in [0.717, 1.165) is 0 Å². The van der Waals surface area contributed by atoms with Gasteiger partial charge in [-0.1, -0.05) is 17.7 Å². The predicted molar refractivity (Wildman–Crippen MR) is 63.7 cm³/mol. The molecule has 6 nitrogen and oxygen atoms in total. The van der Waals surface area contributed by atoms with Crippen molar-refractivity contribution in [3.63, 3.8) is 0 Å². The van der Waals surface area contributed by atoms with Crippen LogP contribution in [0.1, 0.15) is 16.2 Å². The fourth-order valence-electron chi connectivity index (χ4n) is 1.41. The fourth-order valence-corrected chi connectivity index (χ4v) is 1.64. The van der Waals surface area contributed by atoms with Crippen LogP contribution in [-0.2, 0) is 13.7 Å². The molecule has 1 heterocycles. The highest BCUT2D eigenvalue weighted by molar-refractivity contribution is 6.32. The molecule has 0 saturated heterocycles. The molecule has 7 heteroatoms. The number of aromatic carboxylic acids is 1. The first-order valence-corrected chi connectivity index (χ1v) is 5.45. The molecule has 1 N–H and O–H groups in total. The Bertz CT molecular complexity index is 583. The van der Waals surface area contributed by atoms with Crippen LogP contribution in [-0.4, -0.2) is 25.8 Å². The van der Waals surface area contributed by atoms with Gasteiger partial charge in [0.15, 0.2) is 11.6 Å². The first-order chi connectivity index (χ1) is 8.59. The van der Waals surface area contributed by atoms with Gasteiger partial charge in [0.25, 0.3) is 0 Å². The molecule has 0 unspecified atom stereocenters. The van der Waals surface area contributed by atoms with Crippen LogP contribution in [0.4, 0.5) is 0 Å². The Balaban J connectivity index is 2.24. The summed E-state index contributed by atoms with van der Waals surface area (Å²) in [6, 6.07) is 4.56. The number of benzene rings is 1. The first-order valence-electron chi connectivity index (χ1n) is 5.07. The molecule has 2 aromatic rings. The first kappa shape index (κ1) is 12.4. The van der Waals surface area contributed by atoms with Gasteiger partial charge in [0, 0.05) is 7.05 Å². The summed E-state index contributed by atoms with van der Waals surface area (Å²) in [6.07, 6.45) is 1.39. The van der Waals surface area contributed by atoms with Crippen LogP contribution in [0.5, 0.6) is 5.75 Å². The lowest BCUT2D eigenvalue weighted by Crippen LogP contribution is -2.07. The number of hydrogen-bond acceptors (Lipinski definition) is 4. The molecule has 0 aliphatic heterocycles. The zero-order valence-corrected chi connectivity index (χ0v) is 10.3. The Morgan fingerprint density at radius 2 is 2.33 bits per heavy atom. The van der Waals surface area contributed by atoms with E-state index >= 15 is 0 Å². The monoisotopic (exact) mass is 267 g/mol. The number of carbonyl (C=O) groups is 1. The number of carboxylic acid groups (broad SMARTS) is 1. The van der Waals surface area contributed by atoms with Crippen LogP contribution >= 0.6 is 11.6 Å². The van der Waals surface area contributed by atoms with E-state index in [0.29, 0.717) is 5.82 Å². The van der Waals surface area contributed by atoms with Crippen LogP contribution in [0.2, 0.25) is 5.02 Å². The summed E-state index contributed by atoms with van der Waals surface area (Å²) in [5, 5.41) is 13.2. The van der Waals surface area contributed by atoms with E-state index in [4.69, 9.17) is 21.4 Å². The molecule has 0 aliphatic carbocycles. The molecule has 1 aromatic heterocycles. The number of aryl methyl sites for hydroxylation is 1. The van der Waals surface area contributed by atoms with Gasteiger partial charge in [0.1, 0.15) is 18.5 Å². The topological polar surface area (TPSA) is 77.2 Å². The highest BCUT2D eigenvalue weighted by Gasteiger charge is 2.15. The van der Waals surface area contributed by atoms with Gasteiger partial charge in [-0.25, -0.2) is 9.78 Å². The minimum absolute atomic E-state index is 0.0182. The fraction of sp³-hybridized carbons (Fsp3) is 0.182. The summed E-state index contributed by atoms with van der Waals surface area (Å²) in [6.45, 7) is 0.0977. The van der Waals surface area contributed by atoms with Gasteiger partial charge in [-0.15, -0.1) is 0 Å². The normalized spacial score (nSPS) is 10.3. The number of rotatable bonds is 4. The maximum absolute atomic E-state index is 11.0. The third-order valence-electron chi connectivity index (χ3n) is 2.35. The molecule has 0 spiro atoms. The van der Waals surface area contributed by atoms with E-state index in [9.17, 15) is 4.79 Å². The highest BCUT2D eigenvalue weighted by Crippen LogP contribution is 2.29. The van der Waals surface area contributed by atoms with Gasteiger partial charge in [-0.2, -0.15) is 5.10 Å². The summed E-state index contributed by atoms with van der Waals surface area (Å²) < 4.78 is 6.96. The Kier molecular flexibility index (Phi) is 3.47. The van der Waals surface area contributed by atoms with E-state index in [-0.39, 0.29) is 22.9 Å². The molecule has 0 bridgehead atoms. The molecular formula is C11H10ClN3O3. The molecule has 2 rings (SSSR count). The van der Waals surface area contributed by atoms with E-state index in [1.54, 1.807) is 19.2 Å². The molecule has 0 fully saturated rings. The molecule has 94 valence electrons. The average molecular weight is 268 g/mol. The summed E-state index contributed by atoms with van der Waals surface area (Å²) >= 11 is 5.92. The van der Waals surface area contributed by atoms with Crippen LogP contribution in [0.25, 0.3) is 0 Å². The summed E-state index contributed by atoms with van der Waals surface area (Å²) in [7, 11) is 1.72. The van der Waals surface area contributed by atoms with E-state index in [1.165, 1.54) is 17.1 Å². The van der Waals surface area contributed by atoms with Gasteiger partial charge in [0.2, 0.25) is 0 Å². The summed E-state index contributed by atoms with van der Waals surface area (Å²) in [4.78, 5) is 15.0. The maximum atomic E-state index is 11.0. The van der Waals surface area contributed by atoms with Gasteiger partial charge in [0.05, 0.1) is 5.02 Å². The Morgan fingerprint density at radius 1 is 1.56 bits per heavy atom. The number of hydrogen-bond donors (Lipinski definition) is 1. The van der Waals surface area contributed by atoms with Crippen LogP contribution < -0.4 is 4.74 Å². The third kappa shape index (κ3) is 2.43. The summed E-state index contributed by atoms with van der Waals surface area (Å²) in [5.74, 6) is -0.383. The van der Waals surface area contributed by atoms with Crippen molar-refractivity contribution in [1.29, 1.82) is 0 Å². The lowest BCUT2D eigenvalue weighted by Gasteiger charge is -2.10. The van der Waals surface area contributed by atoms with Crippen LogP contribution in [0.15, 0.2) is 24.5 Å². The number of nitrogens with zero attached hydrogens (tertiary/aromatic N) is 3. The predicted octanol–water partition coefficient (Wildman–Crippen LogP) is 1.75. The second-order valence-electron chi connectivity index (χ2n) is 3.51. The molecule has 0 saturated carbocycles. The third-order valence-corrected chi connectivity index (χ3v) is 2.65. The van der Waals surface area contributed by atoms with Crippen LogP contribution in [0, 0.1) is 0 Å². The maximum Gasteiger partial charge on any atom is 0.339 e. The molecule has 1 aromatic carbocycles. The van der Waals surface area contributed by atoms with E-state index in [1.807, 2.05) is 0 Å². The second kappa shape index (κ2) is 5.05. The average Bonchev–Trinajstić information content (AvgIpc) is 2.73. The molecule has 0 amide bonds. The van der Waals surface area contributed by atoms with Crippen molar-refractivity contribution in [3.8, 4) is 5.75 Å². The lowest BCUT2D eigenvalue weighted by molar-refractivity contribution is 0.0691. The molecule has 18 heavy (non-hydrogen) atoms. The quantitative estimate of drug-likeness (QED) is 0.913. The number of ether oxygens (including phenoxy) is 1. The van der Waals surface area contributed by atoms with Crippen LogP contribution in [0.3, 0.4) is 0 Å². The number of carboxylic acids is 1. The minimum atomic E-state index is -1.09. The van der Waals surface area contributed by atoms with Crippen molar-refractivity contribution in [2.24, 2.45) is 7.05 Å². The SMILES string of the molecule is Cn1ncnc1COc1c(Cl)cccc1C(=O)O. The highest BCUT2D eigenvalue weighted by atomic mass is 35.5. The van der Waals surface area contributed by atoms with Crippen molar-refractivity contribution < 1.29 is 14.6 Å². The lowest BCUT2D eigenvalue weighted by atomic mass is 10.2. The molecule has 0 aliphatic rings. The smallest absolute Gasteiger partial charge is 0.339 e. The van der Waals surface area contributed by atoms with Crippen molar-refractivity contribution in [3.05, 3.63) is 40.9 Å². The zero-order valence-electron chi connectivity index (χ0n) is 9.50. The minimum Gasteiger partial charge on any atom is -0.483 e. The summed E-state index contributed by atoms with van der Waals surface area (Å²) in [5.41, 5.74) is 0.0182. The van der Waals surface area contributed by atoms with Gasteiger partial charge < -0.3 is 9.84 Å². The Morgan fingerprint density at radius 3 is 2.94 bits per heavy atom. The second-order valence-corrected chi connectivity index (χ2v) is 3.92. The van der Waals surface area contributed by atoms with Crippen molar-refractivity contribution in [2.75, 3.05) is 0 Å². The molecular weight excluding hydrogens is 258 g/mol. The van der Waals surface area contributed by atoms with E-state index in [2.05, 4.69) is 10.1 Å².